The van der Waals surface area contributed by atoms with E-state index in [1.165, 1.54) is 0 Å². The minimum atomic E-state index is 0.250. The van der Waals surface area contributed by atoms with E-state index in [4.69, 9.17) is 18.9 Å². The molecule has 4 rings (SSSR count). The van der Waals surface area contributed by atoms with E-state index in [9.17, 15) is 0 Å². The summed E-state index contributed by atoms with van der Waals surface area (Å²) < 4.78 is 21.4. The average Bonchev–Trinajstić information content (AvgIpc) is 3.26. The molecule has 6 nitrogen and oxygen atoms in total. The van der Waals surface area contributed by atoms with Crippen LogP contribution >= 0.6 is 0 Å². The van der Waals surface area contributed by atoms with Crippen LogP contribution in [0.2, 0.25) is 0 Å². The predicted molar refractivity (Wildman–Crippen MR) is 89.5 cm³/mol. The summed E-state index contributed by atoms with van der Waals surface area (Å²) in [5, 5.41) is 4.39. The van der Waals surface area contributed by atoms with Crippen molar-refractivity contribution in [3.05, 3.63) is 54.1 Å². The molecule has 2 aliphatic rings. The largest absolute Gasteiger partial charge is 0.454 e. The van der Waals surface area contributed by atoms with Gasteiger partial charge >= 0.3 is 0 Å². The van der Waals surface area contributed by atoms with Crippen molar-refractivity contribution >= 4 is 11.4 Å². The van der Waals surface area contributed by atoms with E-state index in [-0.39, 0.29) is 13.6 Å². The van der Waals surface area contributed by atoms with Gasteiger partial charge in [0.2, 0.25) is 13.6 Å². The van der Waals surface area contributed by atoms with Gasteiger partial charge in [-0.25, -0.2) is 0 Å². The maximum atomic E-state index is 5.39. The lowest BCUT2D eigenvalue weighted by Gasteiger charge is -2.08. The van der Waals surface area contributed by atoms with Gasteiger partial charge < -0.3 is 18.9 Å². The van der Waals surface area contributed by atoms with Crippen LogP contribution in [0.4, 0.5) is 0 Å². The first-order valence-corrected chi connectivity index (χ1v) is 7.50. The van der Waals surface area contributed by atoms with Crippen LogP contribution in [0.1, 0.15) is 18.1 Å². The number of hydrogen-bond acceptors (Lipinski definition) is 6. The Balaban J connectivity index is 1.48. The normalized spacial score (nSPS) is 14.6. The van der Waals surface area contributed by atoms with Gasteiger partial charge in [-0.15, -0.1) is 0 Å². The molecule has 0 saturated heterocycles. The molecule has 0 amide bonds. The van der Waals surface area contributed by atoms with Gasteiger partial charge in [0.25, 0.3) is 0 Å². The van der Waals surface area contributed by atoms with Gasteiger partial charge in [0.05, 0.1) is 11.4 Å². The van der Waals surface area contributed by atoms with Gasteiger partial charge in [0.15, 0.2) is 23.0 Å². The van der Waals surface area contributed by atoms with Crippen LogP contribution in [-0.2, 0) is 0 Å². The van der Waals surface area contributed by atoms with Crippen LogP contribution in [0.25, 0.3) is 5.70 Å². The lowest BCUT2D eigenvalue weighted by Crippen LogP contribution is -2.07. The van der Waals surface area contributed by atoms with Gasteiger partial charge in [-0.2, -0.15) is 5.10 Å². The zero-order valence-electron chi connectivity index (χ0n) is 13.2. The van der Waals surface area contributed by atoms with E-state index in [2.05, 4.69) is 17.1 Å². The Labute approximate surface area is 139 Å². The van der Waals surface area contributed by atoms with Crippen LogP contribution in [0.3, 0.4) is 0 Å². The van der Waals surface area contributed by atoms with Gasteiger partial charge in [-0.1, -0.05) is 6.58 Å². The third kappa shape index (κ3) is 2.62. The second kappa shape index (κ2) is 5.81. The molecule has 2 heterocycles. The summed E-state index contributed by atoms with van der Waals surface area (Å²) in [6, 6.07) is 11.4. The first-order valence-electron chi connectivity index (χ1n) is 7.50. The minimum Gasteiger partial charge on any atom is -0.454 e. The summed E-state index contributed by atoms with van der Waals surface area (Å²) in [4.78, 5) is 0. The molecule has 0 aliphatic carbocycles. The molecular formula is C18H16N2O4. The van der Waals surface area contributed by atoms with Crippen molar-refractivity contribution in [1.29, 1.82) is 0 Å². The molecule has 2 aromatic carbocycles. The first-order chi connectivity index (χ1) is 11.7. The Bertz CT molecular complexity index is 845. The van der Waals surface area contributed by atoms with E-state index in [0.29, 0.717) is 11.4 Å². The molecule has 0 radical (unpaired) electrons. The zero-order chi connectivity index (χ0) is 16.5. The highest BCUT2D eigenvalue weighted by Crippen LogP contribution is 2.34. The maximum absolute atomic E-state index is 5.39. The summed E-state index contributed by atoms with van der Waals surface area (Å²) in [5.41, 5.74) is 6.31. The Hall–Kier alpha value is -3.15. The highest BCUT2D eigenvalue weighted by molar-refractivity contribution is 5.99. The summed E-state index contributed by atoms with van der Waals surface area (Å²) in [6.07, 6.45) is 0. The Morgan fingerprint density at radius 1 is 0.875 bits per heavy atom. The SMILES string of the molecule is C=C(N/N=C(\C)c1ccc2c(c1)OCO2)c1ccc2c(c1)OCO2. The fourth-order valence-electron chi connectivity index (χ4n) is 2.49. The first kappa shape index (κ1) is 14.4. The van der Waals surface area contributed by atoms with Crippen LogP contribution in [0, 0.1) is 0 Å². The summed E-state index contributed by atoms with van der Waals surface area (Å²) in [7, 11) is 0. The van der Waals surface area contributed by atoms with Crippen LogP contribution in [0.15, 0.2) is 48.1 Å². The molecule has 0 fully saturated rings. The Morgan fingerprint density at radius 3 is 2.08 bits per heavy atom. The molecule has 0 saturated carbocycles. The molecule has 6 heteroatoms. The zero-order valence-corrected chi connectivity index (χ0v) is 13.2. The summed E-state index contributed by atoms with van der Waals surface area (Å²) in [6.45, 7) is 6.44. The lowest BCUT2D eigenvalue weighted by molar-refractivity contribution is 0.173. The topological polar surface area (TPSA) is 61.3 Å². The van der Waals surface area contributed by atoms with E-state index in [0.717, 1.165) is 34.1 Å². The number of hydrazone groups is 1. The van der Waals surface area contributed by atoms with Gasteiger partial charge in [0, 0.05) is 11.1 Å². The van der Waals surface area contributed by atoms with E-state index in [1.807, 2.05) is 43.3 Å². The third-order valence-electron chi connectivity index (χ3n) is 3.87. The van der Waals surface area contributed by atoms with Crippen molar-refractivity contribution in [1.82, 2.24) is 5.43 Å². The number of hydrogen-bond donors (Lipinski definition) is 1. The van der Waals surface area contributed by atoms with Gasteiger partial charge in [-0.3, -0.25) is 5.43 Å². The van der Waals surface area contributed by atoms with Crippen molar-refractivity contribution in [2.24, 2.45) is 5.10 Å². The highest BCUT2D eigenvalue weighted by Gasteiger charge is 2.15. The van der Waals surface area contributed by atoms with Crippen molar-refractivity contribution in [3.63, 3.8) is 0 Å². The number of nitrogens with zero attached hydrogens (tertiary/aromatic N) is 1. The van der Waals surface area contributed by atoms with Crippen LogP contribution < -0.4 is 24.4 Å². The number of fused-ring (bicyclic) bond motifs is 2. The number of rotatable bonds is 4. The lowest BCUT2D eigenvalue weighted by atomic mass is 10.1. The minimum absolute atomic E-state index is 0.250. The molecule has 1 N–H and O–H groups in total. The molecule has 24 heavy (non-hydrogen) atoms. The summed E-state index contributed by atoms with van der Waals surface area (Å²) in [5.74, 6) is 2.94. The molecule has 0 spiro atoms. The van der Waals surface area contributed by atoms with Crippen LogP contribution in [-0.4, -0.2) is 19.3 Å². The van der Waals surface area contributed by atoms with Crippen molar-refractivity contribution in [3.8, 4) is 23.0 Å². The van der Waals surface area contributed by atoms with Crippen molar-refractivity contribution in [2.75, 3.05) is 13.6 Å². The number of ether oxygens (including phenoxy) is 4. The van der Waals surface area contributed by atoms with Gasteiger partial charge in [-0.05, 0) is 43.3 Å². The predicted octanol–water partition coefficient (Wildman–Crippen LogP) is 3.13. The standard InChI is InChI=1S/C18H16N2O4/c1-11(13-3-5-15-17(7-13)23-9-21-15)19-20-12(2)14-4-6-16-18(8-14)24-10-22-16/h3-8,19H,1,9-10H2,2H3/b20-12+. The molecule has 0 bridgehead atoms. The number of benzene rings is 2. The second-order valence-corrected chi connectivity index (χ2v) is 5.42. The molecule has 0 aromatic heterocycles. The fourth-order valence-corrected chi connectivity index (χ4v) is 2.49. The highest BCUT2D eigenvalue weighted by atomic mass is 16.7. The van der Waals surface area contributed by atoms with Crippen molar-refractivity contribution in [2.45, 2.75) is 6.92 Å². The Kier molecular flexibility index (Phi) is 3.49. The van der Waals surface area contributed by atoms with E-state index >= 15 is 0 Å². The molecule has 0 unspecified atom stereocenters. The van der Waals surface area contributed by atoms with E-state index in [1.54, 1.807) is 0 Å². The van der Waals surface area contributed by atoms with E-state index < -0.39 is 0 Å². The maximum Gasteiger partial charge on any atom is 0.231 e. The van der Waals surface area contributed by atoms with Crippen molar-refractivity contribution < 1.29 is 18.9 Å². The second-order valence-electron chi connectivity index (χ2n) is 5.42. The third-order valence-corrected chi connectivity index (χ3v) is 3.87. The monoisotopic (exact) mass is 324 g/mol. The quantitative estimate of drug-likeness (QED) is 0.691. The molecule has 2 aromatic rings. The smallest absolute Gasteiger partial charge is 0.231 e. The molecular weight excluding hydrogens is 308 g/mol. The molecule has 122 valence electrons. The van der Waals surface area contributed by atoms with Crippen LogP contribution in [0.5, 0.6) is 23.0 Å². The Morgan fingerprint density at radius 2 is 1.42 bits per heavy atom. The van der Waals surface area contributed by atoms with Gasteiger partial charge in [0.1, 0.15) is 0 Å². The fraction of sp³-hybridized carbons (Fsp3) is 0.167. The average molecular weight is 324 g/mol. The molecule has 2 aliphatic heterocycles. The summed E-state index contributed by atoms with van der Waals surface area (Å²) >= 11 is 0. The number of nitrogens with one attached hydrogen (secondary N) is 1. The molecule has 0 atom stereocenters.